The summed E-state index contributed by atoms with van der Waals surface area (Å²) in [5, 5.41) is 9.43. The minimum atomic E-state index is 0.308. The monoisotopic (exact) mass is 229 g/mol. The van der Waals surface area contributed by atoms with E-state index in [1.807, 2.05) is 23.5 Å². The van der Waals surface area contributed by atoms with Crippen LogP contribution in [0.25, 0.3) is 0 Å². The molecule has 78 valence electrons. The summed E-state index contributed by atoms with van der Waals surface area (Å²) >= 11 is 3.76. The van der Waals surface area contributed by atoms with Gasteiger partial charge in [0.05, 0.1) is 5.69 Å². The zero-order valence-corrected chi connectivity index (χ0v) is 9.90. The topological polar surface area (TPSA) is 33.1 Å². The van der Waals surface area contributed by atoms with E-state index in [9.17, 15) is 5.11 Å². The molecule has 1 aromatic heterocycles. The van der Waals surface area contributed by atoms with Crippen molar-refractivity contribution in [2.75, 3.05) is 17.3 Å². The van der Waals surface area contributed by atoms with Gasteiger partial charge < -0.3 is 5.11 Å². The van der Waals surface area contributed by atoms with E-state index in [1.54, 1.807) is 18.3 Å². The van der Waals surface area contributed by atoms with Gasteiger partial charge in [-0.1, -0.05) is 6.92 Å². The third-order valence-electron chi connectivity index (χ3n) is 1.68. The second kappa shape index (κ2) is 7.01. The largest absolute Gasteiger partial charge is 0.506 e. The van der Waals surface area contributed by atoms with Gasteiger partial charge in [0.1, 0.15) is 5.75 Å². The molecule has 0 spiro atoms. The molecular weight excluding hydrogens is 214 g/mol. The molecular formula is C10H15NOS2. The number of hydrogen-bond donors (Lipinski definition) is 1. The Bertz CT molecular complexity index is 268. The van der Waals surface area contributed by atoms with E-state index in [-0.39, 0.29) is 0 Å². The smallest absolute Gasteiger partial charge is 0.137 e. The van der Waals surface area contributed by atoms with Gasteiger partial charge in [-0.3, -0.25) is 4.98 Å². The lowest BCUT2D eigenvalue weighted by Crippen LogP contribution is -1.90. The fourth-order valence-electron chi connectivity index (χ4n) is 0.972. The van der Waals surface area contributed by atoms with Crippen molar-refractivity contribution in [3.8, 4) is 5.75 Å². The zero-order chi connectivity index (χ0) is 10.2. The maximum absolute atomic E-state index is 9.43. The quantitative estimate of drug-likeness (QED) is 0.760. The summed E-state index contributed by atoms with van der Waals surface area (Å²) in [6.07, 6.45) is 1.72. The number of nitrogens with zero attached hydrogens (tertiary/aromatic N) is 1. The Hall–Kier alpha value is -0.350. The van der Waals surface area contributed by atoms with E-state index >= 15 is 0 Å². The van der Waals surface area contributed by atoms with Crippen LogP contribution in [-0.4, -0.2) is 27.3 Å². The van der Waals surface area contributed by atoms with Gasteiger partial charge in [-0.25, -0.2) is 0 Å². The lowest BCUT2D eigenvalue weighted by Gasteiger charge is -2.02. The van der Waals surface area contributed by atoms with Crippen LogP contribution in [0.2, 0.25) is 0 Å². The third kappa shape index (κ3) is 4.24. The van der Waals surface area contributed by atoms with E-state index in [0.29, 0.717) is 5.75 Å². The molecule has 0 bridgehead atoms. The van der Waals surface area contributed by atoms with Crippen LogP contribution in [-0.2, 0) is 5.75 Å². The molecule has 0 aliphatic carbocycles. The Balaban J connectivity index is 2.21. The molecule has 0 aromatic carbocycles. The van der Waals surface area contributed by atoms with Gasteiger partial charge in [0.15, 0.2) is 0 Å². The molecule has 1 rings (SSSR count). The van der Waals surface area contributed by atoms with E-state index in [4.69, 9.17) is 0 Å². The van der Waals surface area contributed by atoms with Crippen LogP contribution in [0.5, 0.6) is 5.75 Å². The maximum Gasteiger partial charge on any atom is 0.137 e. The molecule has 0 radical (unpaired) electrons. The van der Waals surface area contributed by atoms with Gasteiger partial charge in [-0.15, -0.1) is 0 Å². The fourth-order valence-corrected chi connectivity index (χ4v) is 2.76. The maximum atomic E-state index is 9.43. The molecule has 2 nitrogen and oxygen atoms in total. The summed E-state index contributed by atoms with van der Waals surface area (Å²) in [7, 11) is 0. The molecule has 0 saturated carbocycles. The van der Waals surface area contributed by atoms with Crippen LogP contribution in [0.4, 0.5) is 0 Å². The van der Waals surface area contributed by atoms with Crippen LogP contribution < -0.4 is 0 Å². The fraction of sp³-hybridized carbons (Fsp3) is 0.500. The molecule has 0 fully saturated rings. The summed E-state index contributed by atoms with van der Waals surface area (Å²) in [6, 6.07) is 3.43. The van der Waals surface area contributed by atoms with Gasteiger partial charge in [0, 0.05) is 23.5 Å². The lowest BCUT2D eigenvalue weighted by atomic mass is 10.3. The van der Waals surface area contributed by atoms with Crippen molar-refractivity contribution in [1.29, 1.82) is 0 Å². The summed E-state index contributed by atoms with van der Waals surface area (Å²) in [6.45, 7) is 2.17. The van der Waals surface area contributed by atoms with Crippen molar-refractivity contribution < 1.29 is 5.11 Å². The van der Waals surface area contributed by atoms with Crippen molar-refractivity contribution in [3.63, 3.8) is 0 Å². The lowest BCUT2D eigenvalue weighted by molar-refractivity contribution is 0.467. The van der Waals surface area contributed by atoms with Crippen molar-refractivity contribution >= 4 is 23.5 Å². The molecule has 0 aliphatic rings. The SMILES string of the molecule is CCSCCSCc1ncccc1O. The Kier molecular flexibility index (Phi) is 5.87. The van der Waals surface area contributed by atoms with Crippen LogP contribution >= 0.6 is 23.5 Å². The molecule has 0 aliphatic heterocycles. The number of pyridine rings is 1. The summed E-state index contributed by atoms with van der Waals surface area (Å²) < 4.78 is 0. The van der Waals surface area contributed by atoms with Gasteiger partial charge in [-0.05, 0) is 17.9 Å². The predicted molar refractivity (Wildman–Crippen MR) is 65.1 cm³/mol. The first kappa shape index (κ1) is 11.7. The number of aromatic hydroxyl groups is 1. The van der Waals surface area contributed by atoms with E-state index < -0.39 is 0 Å². The van der Waals surface area contributed by atoms with Crippen molar-refractivity contribution in [2.45, 2.75) is 12.7 Å². The first-order valence-electron chi connectivity index (χ1n) is 4.63. The number of rotatable bonds is 6. The Labute approximate surface area is 93.5 Å². The minimum absolute atomic E-state index is 0.308. The van der Waals surface area contributed by atoms with Gasteiger partial charge in [-0.2, -0.15) is 23.5 Å². The molecule has 0 amide bonds. The van der Waals surface area contributed by atoms with Crippen LogP contribution in [0.15, 0.2) is 18.3 Å². The van der Waals surface area contributed by atoms with Crippen LogP contribution in [0, 0.1) is 0 Å². The standard InChI is InChI=1S/C10H15NOS2/c1-2-13-6-7-14-8-9-10(12)4-3-5-11-9/h3-5,12H,2,6-8H2,1H3. The molecule has 4 heteroatoms. The summed E-state index contributed by atoms with van der Waals surface area (Å²) in [5.41, 5.74) is 0.791. The number of hydrogen-bond acceptors (Lipinski definition) is 4. The molecule has 1 heterocycles. The Morgan fingerprint density at radius 3 is 2.86 bits per heavy atom. The summed E-state index contributed by atoms with van der Waals surface area (Å²) in [5.74, 6) is 4.58. The van der Waals surface area contributed by atoms with E-state index in [2.05, 4.69) is 11.9 Å². The van der Waals surface area contributed by atoms with Gasteiger partial charge in [0.2, 0.25) is 0 Å². The van der Waals surface area contributed by atoms with Crippen LogP contribution in [0.1, 0.15) is 12.6 Å². The normalized spacial score (nSPS) is 10.4. The molecule has 1 N–H and O–H groups in total. The summed E-state index contributed by atoms with van der Waals surface area (Å²) in [4.78, 5) is 4.12. The van der Waals surface area contributed by atoms with Crippen LogP contribution in [0.3, 0.4) is 0 Å². The predicted octanol–water partition coefficient (Wildman–Crippen LogP) is 2.77. The zero-order valence-electron chi connectivity index (χ0n) is 8.27. The highest BCUT2D eigenvalue weighted by Gasteiger charge is 2.00. The first-order valence-corrected chi connectivity index (χ1v) is 6.94. The first-order chi connectivity index (χ1) is 6.84. The number of aromatic nitrogens is 1. The van der Waals surface area contributed by atoms with Crippen molar-refractivity contribution in [2.24, 2.45) is 0 Å². The van der Waals surface area contributed by atoms with Crippen molar-refractivity contribution in [1.82, 2.24) is 4.98 Å². The third-order valence-corrected chi connectivity index (χ3v) is 3.81. The number of thioether (sulfide) groups is 2. The minimum Gasteiger partial charge on any atom is -0.506 e. The average molecular weight is 229 g/mol. The molecule has 0 unspecified atom stereocenters. The van der Waals surface area contributed by atoms with E-state index in [1.165, 1.54) is 11.5 Å². The molecule has 1 aromatic rings. The van der Waals surface area contributed by atoms with Gasteiger partial charge >= 0.3 is 0 Å². The Morgan fingerprint density at radius 2 is 2.14 bits per heavy atom. The average Bonchev–Trinajstić information content (AvgIpc) is 2.20. The van der Waals surface area contributed by atoms with Crippen molar-refractivity contribution in [3.05, 3.63) is 24.0 Å². The highest BCUT2D eigenvalue weighted by Crippen LogP contribution is 2.19. The molecule has 0 atom stereocenters. The highest BCUT2D eigenvalue weighted by atomic mass is 32.2. The highest BCUT2D eigenvalue weighted by molar-refractivity contribution is 8.02. The molecule has 14 heavy (non-hydrogen) atoms. The van der Waals surface area contributed by atoms with Gasteiger partial charge in [0.25, 0.3) is 0 Å². The second-order valence-corrected chi connectivity index (χ2v) is 5.22. The van der Waals surface area contributed by atoms with E-state index in [0.717, 1.165) is 17.2 Å². The second-order valence-electron chi connectivity index (χ2n) is 2.72. The Morgan fingerprint density at radius 1 is 1.36 bits per heavy atom. The molecule has 0 saturated heterocycles.